The molecule has 0 unspecified atom stereocenters. The first-order valence-corrected chi connectivity index (χ1v) is 4.66. The van der Waals surface area contributed by atoms with E-state index >= 15 is 0 Å². The molecular formula is C11H14N2O. The van der Waals surface area contributed by atoms with Crippen molar-refractivity contribution in [3.63, 3.8) is 0 Å². The largest absolute Gasteiger partial charge is 0.494 e. The fraction of sp³-hybridized carbons (Fsp3) is 0.364. The molecule has 3 nitrogen and oxygen atoms in total. The molecule has 0 amide bonds. The Bertz CT molecular complexity index is 466. The molecule has 3 heteroatoms. The van der Waals surface area contributed by atoms with Gasteiger partial charge in [0.2, 0.25) is 0 Å². The van der Waals surface area contributed by atoms with Gasteiger partial charge in [0, 0.05) is 23.2 Å². The molecule has 0 spiro atoms. The third-order valence-electron chi connectivity index (χ3n) is 2.21. The van der Waals surface area contributed by atoms with Gasteiger partial charge in [-0.2, -0.15) is 0 Å². The summed E-state index contributed by atoms with van der Waals surface area (Å²) in [5, 5.41) is 10.8. The number of hydrogen-bond donors (Lipinski definition) is 1. The highest BCUT2D eigenvalue weighted by Crippen LogP contribution is 2.29. The van der Waals surface area contributed by atoms with Crippen molar-refractivity contribution >= 4 is 11.0 Å². The van der Waals surface area contributed by atoms with Crippen molar-refractivity contribution in [1.82, 2.24) is 9.55 Å². The van der Waals surface area contributed by atoms with Gasteiger partial charge in [-0.05, 0) is 32.9 Å². The molecule has 0 radical (unpaired) electrons. The fourth-order valence-electron chi connectivity index (χ4n) is 1.68. The van der Waals surface area contributed by atoms with Crippen molar-refractivity contribution in [2.24, 2.45) is 0 Å². The Morgan fingerprint density at radius 1 is 1.36 bits per heavy atom. The molecular weight excluding hydrogens is 176 g/mol. The number of aromatic nitrogens is 2. The summed E-state index contributed by atoms with van der Waals surface area (Å²) in [6.45, 7) is 6.13. The van der Waals surface area contributed by atoms with Gasteiger partial charge in [0.25, 0.3) is 0 Å². The van der Waals surface area contributed by atoms with Crippen molar-refractivity contribution in [2.75, 3.05) is 0 Å². The molecule has 14 heavy (non-hydrogen) atoms. The molecule has 2 heterocycles. The standard InChI is InChI=1S/C11H14N2O/c1-11(2,3)13-9(14)7-8-5-4-6-12-10(8)13/h4-7,14H,1-3H3. The lowest BCUT2D eigenvalue weighted by Crippen LogP contribution is -2.21. The Kier molecular flexibility index (Phi) is 1.77. The second-order valence-electron chi connectivity index (χ2n) is 4.43. The van der Waals surface area contributed by atoms with Crippen LogP contribution in [0.3, 0.4) is 0 Å². The van der Waals surface area contributed by atoms with Gasteiger partial charge < -0.3 is 5.11 Å². The van der Waals surface area contributed by atoms with Crippen molar-refractivity contribution in [3.05, 3.63) is 24.4 Å². The Morgan fingerprint density at radius 2 is 2.07 bits per heavy atom. The quantitative estimate of drug-likeness (QED) is 0.693. The minimum Gasteiger partial charge on any atom is -0.494 e. The van der Waals surface area contributed by atoms with E-state index < -0.39 is 0 Å². The minimum absolute atomic E-state index is 0.153. The second kappa shape index (κ2) is 2.74. The van der Waals surface area contributed by atoms with Crippen LogP contribution in [0.4, 0.5) is 0 Å². The topological polar surface area (TPSA) is 38.0 Å². The molecule has 2 aromatic heterocycles. The number of hydrogen-bond acceptors (Lipinski definition) is 2. The van der Waals surface area contributed by atoms with Gasteiger partial charge in [0.05, 0.1) is 0 Å². The molecule has 0 aliphatic carbocycles. The van der Waals surface area contributed by atoms with Crippen LogP contribution in [0.2, 0.25) is 0 Å². The number of pyridine rings is 1. The molecule has 74 valence electrons. The Morgan fingerprint density at radius 3 is 2.71 bits per heavy atom. The highest BCUT2D eigenvalue weighted by Gasteiger charge is 2.20. The van der Waals surface area contributed by atoms with Gasteiger partial charge in [0.1, 0.15) is 5.65 Å². The normalized spacial score (nSPS) is 12.2. The lowest BCUT2D eigenvalue weighted by molar-refractivity contribution is 0.333. The van der Waals surface area contributed by atoms with Gasteiger partial charge in [-0.25, -0.2) is 4.98 Å². The highest BCUT2D eigenvalue weighted by atomic mass is 16.3. The van der Waals surface area contributed by atoms with E-state index in [1.807, 2.05) is 37.5 Å². The maximum atomic E-state index is 9.79. The zero-order valence-electron chi connectivity index (χ0n) is 8.65. The Balaban J connectivity index is 2.81. The van der Waals surface area contributed by atoms with Crippen molar-refractivity contribution < 1.29 is 5.11 Å². The fourth-order valence-corrected chi connectivity index (χ4v) is 1.68. The zero-order chi connectivity index (χ0) is 10.3. The summed E-state index contributed by atoms with van der Waals surface area (Å²) in [5.74, 6) is 0.270. The molecule has 0 fully saturated rings. The van der Waals surface area contributed by atoms with Crippen molar-refractivity contribution in [3.8, 4) is 5.88 Å². The SMILES string of the molecule is CC(C)(C)n1c(O)cc2cccnc21. The number of aromatic hydroxyl groups is 1. The molecule has 0 aromatic carbocycles. The van der Waals surface area contributed by atoms with Crippen LogP contribution in [-0.4, -0.2) is 14.7 Å². The van der Waals surface area contributed by atoms with Crippen LogP contribution in [0.15, 0.2) is 24.4 Å². The van der Waals surface area contributed by atoms with E-state index in [0.717, 1.165) is 11.0 Å². The third kappa shape index (κ3) is 1.25. The molecule has 2 aromatic rings. The summed E-state index contributed by atoms with van der Waals surface area (Å²) >= 11 is 0. The van der Waals surface area contributed by atoms with E-state index in [-0.39, 0.29) is 11.4 Å². The maximum Gasteiger partial charge on any atom is 0.193 e. The van der Waals surface area contributed by atoms with Gasteiger partial charge in [0.15, 0.2) is 5.88 Å². The highest BCUT2D eigenvalue weighted by molar-refractivity contribution is 5.78. The second-order valence-corrected chi connectivity index (χ2v) is 4.43. The molecule has 0 aliphatic heterocycles. The number of fused-ring (bicyclic) bond motifs is 1. The molecule has 0 bridgehead atoms. The third-order valence-corrected chi connectivity index (χ3v) is 2.21. The predicted molar refractivity (Wildman–Crippen MR) is 56.4 cm³/mol. The van der Waals surface area contributed by atoms with E-state index in [1.165, 1.54) is 0 Å². The van der Waals surface area contributed by atoms with E-state index in [0.29, 0.717) is 0 Å². The predicted octanol–water partition coefficient (Wildman–Crippen LogP) is 2.50. The van der Waals surface area contributed by atoms with Gasteiger partial charge in [-0.1, -0.05) is 0 Å². The maximum absolute atomic E-state index is 9.79. The Labute approximate surface area is 83.0 Å². The average molecular weight is 190 g/mol. The molecule has 0 saturated carbocycles. The molecule has 2 rings (SSSR count). The smallest absolute Gasteiger partial charge is 0.193 e. The number of nitrogens with zero attached hydrogens (tertiary/aromatic N) is 2. The van der Waals surface area contributed by atoms with E-state index in [2.05, 4.69) is 4.98 Å². The zero-order valence-corrected chi connectivity index (χ0v) is 8.65. The van der Waals surface area contributed by atoms with E-state index in [4.69, 9.17) is 0 Å². The first kappa shape index (κ1) is 9.06. The van der Waals surface area contributed by atoms with Crippen molar-refractivity contribution in [1.29, 1.82) is 0 Å². The lowest BCUT2D eigenvalue weighted by atomic mass is 10.1. The van der Waals surface area contributed by atoms with Gasteiger partial charge in [-0.3, -0.25) is 4.57 Å². The lowest BCUT2D eigenvalue weighted by Gasteiger charge is -2.22. The average Bonchev–Trinajstić information content (AvgIpc) is 2.38. The Hall–Kier alpha value is -1.51. The van der Waals surface area contributed by atoms with Gasteiger partial charge in [-0.15, -0.1) is 0 Å². The molecule has 0 aliphatic rings. The van der Waals surface area contributed by atoms with Crippen LogP contribution in [0.5, 0.6) is 5.88 Å². The summed E-state index contributed by atoms with van der Waals surface area (Å²) in [6.07, 6.45) is 1.74. The molecule has 0 atom stereocenters. The van der Waals surface area contributed by atoms with E-state index in [1.54, 1.807) is 12.3 Å². The van der Waals surface area contributed by atoms with E-state index in [9.17, 15) is 5.11 Å². The first-order valence-electron chi connectivity index (χ1n) is 4.66. The summed E-state index contributed by atoms with van der Waals surface area (Å²) in [7, 11) is 0. The first-order chi connectivity index (χ1) is 6.50. The summed E-state index contributed by atoms with van der Waals surface area (Å²) < 4.78 is 1.84. The monoisotopic (exact) mass is 190 g/mol. The van der Waals surface area contributed by atoms with Crippen LogP contribution < -0.4 is 0 Å². The molecule has 1 N–H and O–H groups in total. The van der Waals surface area contributed by atoms with Crippen LogP contribution >= 0.6 is 0 Å². The van der Waals surface area contributed by atoms with Crippen molar-refractivity contribution in [2.45, 2.75) is 26.3 Å². The summed E-state index contributed by atoms with van der Waals surface area (Å²) in [6, 6.07) is 5.56. The minimum atomic E-state index is -0.153. The van der Waals surface area contributed by atoms with Gasteiger partial charge >= 0.3 is 0 Å². The van der Waals surface area contributed by atoms with Crippen LogP contribution in [0.1, 0.15) is 20.8 Å². The number of rotatable bonds is 0. The molecule has 0 saturated heterocycles. The van der Waals surface area contributed by atoms with Crippen LogP contribution in [0.25, 0.3) is 11.0 Å². The summed E-state index contributed by atoms with van der Waals surface area (Å²) in [4.78, 5) is 4.27. The van der Waals surface area contributed by atoms with Crippen LogP contribution in [-0.2, 0) is 5.54 Å². The van der Waals surface area contributed by atoms with Crippen LogP contribution in [0, 0.1) is 0 Å². The summed E-state index contributed by atoms with van der Waals surface area (Å²) in [5.41, 5.74) is 0.678.